The predicted molar refractivity (Wildman–Crippen MR) is 98.5 cm³/mol. The molecule has 0 aliphatic rings. The molecule has 2 aromatic rings. The Kier molecular flexibility index (Phi) is 6.02. The molecule has 1 atom stereocenters. The van der Waals surface area contributed by atoms with Gasteiger partial charge in [-0.2, -0.15) is 0 Å². The molecule has 2 aromatic carbocycles. The number of rotatable bonds is 6. The third kappa shape index (κ3) is 4.85. The molecule has 24 heavy (non-hydrogen) atoms. The molecule has 0 saturated carbocycles. The Labute approximate surface area is 145 Å². The van der Waals surface area contributed by atoms with E-state index in [4.69, 9.17) is 4.74 Å². The molecule has 2 rings (SSSR count). The van der Waals surface area contributed by atoms with Crippen molar-refractivity contribution in [2.75, 3.05) is 6.61 Å². The van der Waals surface area contributed by atoms with Crippen molar-refractivity contribution in [3.63, 3.8) is 0 Å². The monoisotopic (exact) mass is 325 g/mol. The second-order valence-corrected chi connectivity index (χ2v) is 6.48. The number of nitrogens with one attached hydrogen (secondary N) is 1. The van der Waals surface area contributed by atoms with Crippen LogP contribution < -0.4 is 10.1 Å². The topological polar surface area (TPSA) is 38.3 Å². The Hall–Kier alpha value is -2.29. The smallest absolute Gasteiger partial charge is 0.258 e. The minimum Gasteiger partial charge on any atom is -0.484 e. The molecule has 1 amide bonds. The van der Waals surface area contributed by atoms with Gasteiger partial charge in [-0.3, -0.25) is 4.79 Å². The first-order valence-corrected chi connectivity index (χ1v) is 8.46. The number of carbonyl (C=O) groups excluding carboxylic acids is 1. The van der Waals surface area contributed by atoms with E-state index >= 15 is 0 Å². The highest BCUT2D eigenvalue weighted by Gasteiger charge is 2.14. The molecule has 0 aliphatic carbocycles. The third-order valence-corrected chi connectivity index (χ3v) is 4.24. The largest absolute Gasteiger partial charge is 0.484 e. The first-order chi connectivity index (χ1) is 11.4. The van der Waals surface area contributed by atoms with Crippen molar-refractivity contribution < 1.29 is 9.53 Å². The van der Waals surface area contributed by atoms with Crippen LogP contribution in [0.15, 0.2) is 36.4 Å². The zero-order chi connectivity index (χ0) is 17.7. The summed E-state index contributed by atoms with van der Waals surface area (Å²) in [7, 11) is 0. The highest BCUT2D eigenvalue weighted by atomic mass is 16.5. The van der Waals surface area contributed by atoms with Gasteiger partial charge < -0.3 is 10.1 Å². The van der Waals surface area contributed by atoms with Crippen LogP contribution in [0.5, 0.6) is 5.75 Å². The number of ether oxygens (including phenoxy) is 1. The van der Waals surface area contributed by atoms with Crippen molar-refractivity contribution in [3.05, 3.63) is 64.2 Å². The van der Waals surface area contributed by atoms with Gasteiger partial charge in [-0.1, -0.05) is 31.2 Å². The van der Waals surface area contributed by atoms with Crippen molar-refractivity contribution >= 4 is 5.91 Å². The van der Waals surface area contributed by atoms with E-state index in [9.17, 15) is 4.79 Å². The van der Waals surface area contributed by atoms with Crippen LogP contribution >= 0.6 is 0 Å². The minimum absolute atomic E-state index is 0.0136. The van der Waals surface area contributed by atoms with E-state index in [0.29, 0.717) is 0 Å². The van der Waals surface area contributed by atoms with E-state index in [1.807, 2.05) is 26.0 Å². The summed E-state index contributed by atoms with van der Waals surface area (Å²) in [6, 6.07) is 12.3. The van der Waals surface area contributed by atoms with Crippen LogP contribution in [-0.2, 0) is 4.79 Å². The molecule has 0 heterocycles. The first-order valence-electron chi connectivity index (χ1n) is 8.46. The lowest BCUT2D eigenvalue weighted by molar-refractivity contribution is -0.123. The van der Waals surface area contributed by atoms with Gasteiger partial charge in [0, 0.05) is 0 Å². The summed E-state index contributed by atoms with van der Waals surface area (Å²) >= 11 is 0. The Morgan fingerprint density at radius 3 is 2.25 bits per heavy atom. The summed E-state index contributed by atoms with van der Waals surface area (Å²) in [6.07, 6.45) is 0.845. The van der Waals surface area contributed by atoms with Gasteiger partial charge in [0.2, 0.25) is 0 Å². The molecule has 0 fully saturated rings. The third-order valence-electron chi connectivity index (χ3n) is 4.24. The highest BCUT2D eigenvalue weighted by molar-refractivity contribution is 5.78. The van der Waals surface area contributed by atoms with Crippen molar-refractivity contribution in [3.8, 4) is 5.75 Å². The van der Waals surface area contributed by atoms with Crippen molar-refractivity contribution in [2.24, 2.45) is 0 Å². The van der Waals surface area contributed by atoms with E-state index in [-0.39, 0.29) is 18.6 Å². The minimum atomic E-state index is -0.0979. The fraction of sp³-hybridized carbons (Fsp3) is 0.381. The number of aryl methyl sites for hydroxylation is 4. The van der Waals surface area contributed by atoms with Crippen molar-refractivity contribution in [2.45, 2.75) is 47.1 Å². The number of hydrogen-bond donors (Lipinski definition) is 1. The molecule has 0 spiro atoms. The van der Waals surface area contributed by atoms with Gasteiger partial charge in [-0.05, 0) is 74.1 Å². The average molecular weight is 325 g/mol. The molecule has 0 radical (unpaired) electrons. The quantitative estimate of drug-likeness (QED) is 0.845. The van der Waals surface area contributed by atoms with Crippen LogP contribution in [0, 0.1) is 27.7 Å². The van der Waals surface area contributed by atoms with E-state index in [2.05, 4.69) is 50.4 Å². The van der Waals surface area contributed by atoms with Gasteiger partial charge in [0.05, 0.1) is 6.04 Å². The standard InChI is InChI=1S/C21H27NO2/c1-6-20(18-8-7-16(4)17(5)12-18)22-21(23)13-24-19-10-14(2)9-15(3)11-19/h7-12,20H,6,13H2,1-5H3,(H,22,23)/t20-/m0/s1. The lowest BCUT2D eigenvalue weighted by atomic mass is 9.99. The molecule has 1 N–H and O–H groups in total. The van der Waals surface area contributed by atoms with E-state index in [0.717, 1.165) is 28.9 Å². The summed E-state index contributed by atoms with van der Waals surface area (Å²) in [6.45, 7) is 10.3. The fourth-order valence-corrected chi connectivity index (χ4v) is 2.80. The predicted octanol–water partition coefficient (Wildman–Crippen LogP) is 4.57. The number of carbonyl (C=O) groups is 1. The van der Waals surface area contributed by atoms with E-state index in [1.54, 1.807) is 0 Å². The molecule has 0 saturated heterocycles. The maximum Gasteiger partial charge on any atom is 0.258 e. The first kappa shape index (κ1) is 18.1. The molecule has 0 bridgehead atoms. The fourth-order valence-electron chi connectivity index (χ4n) is 2.80. The summed E-state index contributed by atoms with van der Waals surface area (Å²) < 4.78 is 5.64. The van der Waals surface area contributed by atoms with Crippen LogP contribution in [0.25, 0.3) is 0 Å². The Balaban J connectivity index is 1.97. The van der Waals surface area contributed by atoms with Gasteiger partial charge in [0.1, 0.15) is 5.75 Å². The highest BCUT2D eigenvalue weighted by Crippen LogP contribution is 2.20. The Morgan fingerprint density at radius 1 is 1.00 bits per heavy atom. The molecule has 3 heteroatoms. The average Bonchev–Trinajstić information content (AvgIpc) is 2.52. The Bertz CT molecular complexity index is 702. The van der Waals surface area contributed by atoms with Gasteiger partial charge in [-0.25, -0.2) is 0 Å². The van der Waals surface area contributed by atoms with Crippen LogP contribution in [0.4, 0.5) is 0 Å². The Morgan fingerprint density at radius 2 is 1.67 bits per heavy atom. The van der Waals surface area contributed by atoms with Gasteiger partial charge in [0.15, 0.2) is 6.61 Å². The molecule has 0 aromatic heterocycles. The van der Waals surface area contributed by atoms with Gasteiger partial charge >= 0.3 is 0 Å². The van der Waals surface area contributed by atoms with Gasteiger partial charge in [0.25, 0.3) is 5.91 Å². The zero-order valence-corrected chi connectivity index (χ0v) is 15.3. The molecular weight excluding hydrogens is 298 g/mol. The summed E-state index contributed by atoms with van der Waals surface area (Å²) in [4.78, 5) is 12.2. The van der Waals surface area contributed by atoms with Crippen molar-refractivity contribution in [1.82, 2.24) is 5.32 Å². The summed E-state index contributed by atoms with van der Waals surface area (Å²) in [5, 5.41) is 3.07. The van der Waals surface area contributed by atoms with E-state index in [1.165, 1.54) is 11.1 Å². The number of amides is 1. The van der Waals surface area contributed by atoms with Crippen LogP contribution in [0.3, 0.4) is 0 Å². The molecular formula is C21H27NO2. The van der Waals surface area contributed by atoms with E-state index < -0.39 is 0 Å². The molecule has 0 aliphatic heterocycles. The maximum atomic E-state index is 12.2. The van der Waals surface area contributed by atoms with Crippen LogP contribution in [-0.4, -0.2) is 12.5 Å². The second-order valence-electron chi connectivity index (χ2n) is 6.48. The normalized spacial score (nSPS) is 11.9. The SMILES string of the molecule is CC[C@H](NC(=O)COc1cc(C)cc(C)c1)c1ccc(C)c(C)c1. The molecule has 128 valence electrons. The lowest BCUT2D eigenvalue weighted by Crippen LogP contribution is -2.32. The van der Waals surface area contributed by atoms with Crippen molar-refractivity contribution in [1.29, 1.82) is 0 Å². The summed E-state index contributed by atoms with van der Waals surface area (Å²) in [5.74, 6) is 0.640. The van der Waals surface area contributed by atoms with Crippen LogP contribution in [0.2, 0.25) is 0 Å². The maximum absolute atomic E-state index is 12.2. The molecule has 0 unspecified atom stereocenters. The second kappa shape index (κ2) is 8.00. The van der Waals surface area contributed by atoms with Gasteiger partial charge in [-0.15, -0.1) is 0 Å². The number of hydrogen-bond acceptors (Lipinski definition) is 2. The van der Waals surface area contributed by atoms with Crippen LogP contribution in [0.1, 0.15) is 47.2 Å². The summed E-state index contributed by atoms with van der Waals surface area (Å²) in [5.41, 5.74) is 5.91. The number of benzene rings is 2. The molecule has 3 nitrogen and oxygen atoms in total. The lowest BCUT2D eigenvalue weighted by Gasteiger charge is -2.19. The zero-order valence-electron chi connectivity index (χ0n) is 15.3.